The first kappa shape index (κ1) is 19.0. The molecule has 1 aromatic heterocycles. The Kier molecular flexibility index (Phi) is 5.24. The molecule has 2 aromatic carbocycles. The number of hydrogen-bond donors (Lipinski definition) is 1. The standard InChI is InChI=1S/C21H22ClN3O2/c1-21(2,3)18-13-19(25(24-18)15-11-9-14(22)10-12-15)23-20(26)16-7-5-6-8-17(16)27-4/h5-13H,1-4H3,(H,23,26). The Morgan fingerprint density at radius 3 is 2.41 bits per heavy atom. The molecule has 140 valence electrons. The van der Waals surface area contributed by atoms with Gasteiger partial charge in [0.1, 0.15) is 11.6 Å². The van der Waals surface area contributed by atoms with E-state index in [1.165, 1.54) is 0 Å². The number of methoxy groups -OCH3 is 1. The van der Waals surface area contributed by atoms with Gasteiger partial charge in [-0.2, -0.15) is 5.10 Å². The van der Waals surface area contributed by atoms with E-state index in [0.29, 0.717) is 22.2 Å². The highest BCUT2D eigenvalue weighted by Gasteiger charge is 2.22. The lowest BCUT2D eigenvalue weighted by atomic mass is 9.92. The van der Waals surface area contributed by atoms with Gasteiger partial charge >= 0.3 is 0 Å². The van der Waals surface area contributed by atoms with Crippen LogP contribution in [0.2, 0.25) is 5.02 Å². The Hall–Kier alpha value is -2.79. The quantitative estimate of drug-likeness (QED) is 0.683. The van der Waals surface area contributed by atoms with E-state index in [4.69, 9.17) is 21.4 Å². The van der Waals surface area contributed by atoms with Crippen molar-refractivity contribution in [2.24, 2.45) is 0 Å². The number of nitrogens with one attached hydrogen (secondary N) is 1. The van der Waals surface area contributed by atoms with Crippen LogP contribution in [0.15, 0.2) is 54.6 Å². The second-order valence-electron chi connectivity index (χ2n) is 7.21. The molecule has 3 rings (SSSR count). The summed E-state index contributed by atoms with van der Waals surface area (Å²) < 4.78 is 7.01. The zero-order chi connectivity index (χ0) is 19.6. The molecule has 0 saturated heterocycles. The van der Waals surface area contributed by atoms with E-state index in [0.717, 1.165) is 11.4 Å². The summed E-state index contributed by atoms with van der Waals surface area (Å²) in [4.78, 5) is 12.8. The highest BCUT2D eigenvalue weighted by atomic mass is 35.5. The molecule has 0 atom stereocenters. The molecular formula is C21H22ClN3O2. The number of anilines is 1. The Labute approximate surface area is 163 Å². The van der Waals surface area contributed by atoms with Crippen LogP contribution in [0.25, 0.3) is 5.69 Å². The lowest BCUT2D eigenvalue weighted by Gasteiger charge is -2.14. The van der Waals surface area contributed by atoms with Crippen LogP contribution in [0.4, 0.5) is 5.82 Å². The summed E-state index contributed by atoms with van der Waals surface area (Å²) in [7, 11) is 1.54. The van der Waals surface area contributed by atoms with Crippen molar-refractivity contribution in [3.8, 4) is 11.4 Å². The van der Waals surface area contributed by atoms with Gasteiger partial charge in [-0.1, -0.05) is 44.5 Å². The maximum Gasteiger partial charge on any atom is 0.260 e. The van der Waals surface area contributed by atoms with Crippen molar-refractivity contribution < 1.29 is 9.53 Å². The molecule has 0 bridgehead atoms. The van der Waals surface area contributed by atoms with Crippen molar-refractivity contribution in [1.29, 1.82) is 0 Å². The molecule has 3 aromatic rings. The average molecular weight is 384 g/mol. The molecular weight excluding hydrogens is 362 g/mol. The molecule has 6 heteroatoms. The van der Waals surface area contributed by atoms with Gasteiger partial charge in [-0.3, -0.25) is 4.79 Å². The number of nitrogens with zero attached hydrogens (tertiary/aromatic N) is 2. The smallest absolute Gasteiger partial charge is 0.260 e. The Morgan fingerprint density at radius 1 is 1.11 bits per heavy atom. The van der Waals surface area contributed by atoms with Crippen molar-refractivity contribution in [1.82, 2.24) is 9.78 Å². The molecule has 0 aliphatic heterocycles. The van der Waals surface area contributed by atoms with Crippen LogP contribution in [-0.4, -0.2) is 22.8 Å². The number of aromatic nitrogens is 2. The zero-order valence-corrected chi connectivity index (χ0v) is 16.5. The van der Waals surface area contributed by atoms with Crippen molar-refractivity contribution >= 4 is 23.3 Å². The van der Waals surface area contributed by atoms with Crippen LogP contribution in [0.5, 0.6) is 5.75 Å². The maximum absolute atomic E-state index is 12.8. The number of para-hydroxylation sites is 1. The predicted octanol–water partition coefficient (Wildman–Crippen LogP) is 5.08. The van der Waals surface area contributed by atoms with Gasteiger partial charge in [-0.15, -0.1) is 0 Å². The summed E-state index contributed by atoms with van der Waals surface area (Å²) in [5.74, 6) is 0.838. The molecule has 1 N–H and O–H groups in total. The Bertz CT molecular complexity index is 956. The third kappa shape index (κ3) is 4.14. The van der Waals surface area contributed by atoms with Gasteiger partial charge in [0, 0.05) is 16.5 Å². The van der Waals surface area contributed by atoms with Gasteiger partial charge in [-0.05, 0) is 36.4 Å². The molecule has 5 nitrogen and oxygen atoms in total. The first-order valence-electron chi connectivity index (χ1n) is 8.60. The monoisotopic (exact) mass is 383 g/mol. The first-order chi connectivity index (χ1) is 12.8. The summed E-state index contributed by atoms with van der Waals surface area (Å²) in [6.45, 7) is 6.23. The van der Waals surface area contributed by atoms with Gasteiger partial charge in [-0.25, -0.2) is 4.68 Å². The third-order valence-electron chi connectivity index (χ3n) is 4.14. The number of carbonyl (C=O) groups excluding carboxylic acids is 1. The minimum atomic E-state index is -0.261. The predicted molar refractivity (Wildman–Crippen MR) is 108 cm³/mol. The molecule has 1 heterocycles. The number of carbonyl (C=O) groups is 1. The van der Waals surface area contributed by atoms with Gasteiger partial charge in [0.2, 0.25) is 0 Å². The van der Waals surface area contributed by atoms with Crippen LogP contribution in [-0.2, 0) is 5.41 Å². The summed E-state index contributed by atoms with van der Waals surface area (Å²) in [5.41, 5.74) is 1.97. The lowest BCUT2D eigenvalue weighted by molar-refractivity contribution is 0.102. The minimum absolute atomic E-state index is 0.165. The summed E-state index contributed by atoms with van der Waals surface area (Å²) in [5, 5.41) is 8.29. The molecule has 27 heavy (non-hydrogen) atoms. The van der Waals surface area contributed by atoms with Crippen LogP contribution in [0, 0.1) is 0 Å². The maximum atomic E-state index is 12.8. The van der Waals surface area contributed by atoms with Gasteiger partial charge in [0.15, 0.2) is 0 Å². The fourth-order valence-electron chi connectivity index (χ4n) is 2.63. The van der Waals surface area contributed by atoms with Crippen molar-refractivity contribution in [2.75, 3.05) is 12.4 Å². The van der Waals surface area contributed by atoms with Crippen molar-refractivity contribution in [3.05, 3.63) is 70.9 Å². The number of ether oxygens (including phenoxy) is 1. The van der Waals surface area contributed by atoms with E-state index < -0.39 is 0 Å². The van der Waals surface area contributed by atoms with Crippen LogP contribution in [0.1, 0.15) is 36.8 Å². The highest BCUT2D eigenvalue weighted by Crippen LogP contribution is 2.28. The van der Waals surface area contributed by atoms with Crippen LogP contribution >= 0.6 is 11.6 Å². The number of benzene rings is 2. The minimum Gasteiger partial charge on any atom is -0.496 e. The number of amides is 1. The van der Waals surface area contributed by atoms with Gasteiger partial charge in [0.25, 0.3) is 5.91 Å². The second kappa shape index (κ2) is 7.45. The molecule has 0 fully saturated rings. The van der Waals surface area contributed by atoms with Crippen LogP contribution in [0.3, 0.4) is 0 Å². The molecule has 0 aliphatic carbocycles. The molecule has 0 radical (unpaired) electrons. The number of halogens is 1. The van der Waals surface area contributed by atoms with E-state index >= 15 is 0 Å². The molecule has 0 spiro atoms. The zero-order valence-electron chi connectivity index (χ0n) is 15.8. The molecule has 0 unspecified atom stereocenters. The van der Waals surface area contributed by atoms with Crippen molar-refractivity contribution in [3.63, 3.8) is 0 Å². The van der Waals surface area contributed by atoms with E-state index in [-0.39, 0.29) is 11.3 Å². The fraction of sp³-hybridized carbons (Fsp3) is 0.238. The second-order valence-corrected chi connectivity index (χ2v) is 7.64. The van der Waals surface area contributed by atoms with E-state index in [1.807, 2.05) is 24.3 Å². The molecule has 0 aliphatic rings. The number of rotatable bonds is 4. The highest BCUT2D eigenvalue weighted by molar-refractivity contribution is 6.30. The Morgan fingerprint density at radius 2 is 1.78 bits per heavy atom. The largest absolute Gasteiger partial charge is 0.496 e. The lowest BCUT2D eigenvalue weighted by Crippen LogP contribution is -2.16. The van der Waals surface area contributed by atoms with Crippen molar-refractivity contribution in [2.45, 2.75) is 26.2 Å². The summed E-state index contributed by atoms with van der Waals surface area (Å²) in [6, 6.07) is 16.3. The normalized spacial score (nSPS) is 11.3. The average Bonchev–Trinajstić information content (AvgIpc) is 3.06. The molecule has 1 amide bonds. The summed E-state index contributed by atoms with van der Waals surface area (Å²) >= 11 is 6.00. The van der Waals surface area contributed by atoms with E-state index in [9.17, 15) is 4.79 Å². The van der Waals surface area contributed by atoms with E-state index in [1.54, 1.807) is 42.1 Å². The van der Waals surface area contributed by atoms with Crippen LogP contribution < -0.4 is 10.1 Å². The third-order valence-corrected chi connectivity index (χ3v) is 4.39. The first-order valence-corrected chi connectivity index (χ1v) is 8.98. The Balaban J connectivity index is 2.02. The fourth-order valence-corrected chi connectivity index (χ4v) is 2.76. The topological polar surface area (TPSA) is 56.1 Å². The van der Waals surface area contributed by atoms with Gasteiger partial charge in [0.05, 0.1) is 24.1 Å². The number of hydrogen-bond acceptors (Lipinski definition) is 3. The summed E-state index contributed by atoms with van der Waals surface area (Å²) in [6.07, 6.45) is 0. The van der Waals surface area contributed by atoms with E-state index in [2.05, 4.69) is 26.1 Å². The SMILES string of the molecule is COc1ccccc1C(=O)Nc1cc(C(C)(C)C)nn1-c1ccc(Cl)cc1. The van der Waals surface area contributed by atoms with Gasteiger partial charge < -0.3 is 10.1 Å². The molecule has 0 saturated carbocycles.